The number of anilines is 1. The van der Waals surface area contributed by atoms with Gasteiger partial charge in [0.25, 0.3) is 0 Å². The smallest absolute Gasteiger partial charge is 0.238 e. The van der Waals surface area contributed by atoms with E-state index in [1.807, 2.05) is 32.7 Å². The highest BCUT2D eigenvalue weighted by atomic mass is 32.2. The van der Waals surface area contributed by atoms with Crippen molar-refractivity contribution in [2.24, 2.45) is 0 Å². The maximum absolute atomic E-state index is 12.0. The molecular formula is C13H24N4OS. The van der Waals surface area contributed by atoms with Gasteiger partial charge in [-0.3, -0.25) is 14.8 Å². The van der Waals surface area contributed by atoms with Gasteiger partial charge in [-0.1, -0.05) is 6.92 Å². The van der Waals surface area contributed by atoms with Crippen molar-refractivity contribution >= 4 is 23.4 Å². The number of hydrogen-bond donors (Lipinski definition) is 2. The Hall–Kier alpha value is -1.01. The van der Waals surface area contributed by atoms with Gasteiger partial charge in [0.15, 0.2) is 0 Å². The number of thioether (sulfide) groups is 1. The fraction of sp³-hybridized carbons (Fsp3) is 0.692. The molecule has 1 atom stereocenters. The number of hydrogen-bond acceptors (Lipinski definition) is 4. The molecule has 1 heterocycles. The van der Waals surface area contributed by atoms with Crippen LogP contribution in [0.2, 0.25) is 0 Å². The summed E-state index contributed by atoms with van der Waals surface area (Å²) >= 11 is 1.89. The van der Waals surface area contributed by atoms with Crippen molar-refractivity contribution in [2.75, 3.05) is 30.4 Å². The molecule has 1 aromatic heterocycles. The maximum Gasteiger partial charge on any atom is 0.238 e. The van der Waals surface area contributed by atoms with E-state index in [9.17, 15) is 4.79 Å². The Morgan fingerprint density at radius 2 is 2.21 bits per heavy atom. The van der Waals surface area contributed by atoms with Crippen molar-refractivity contribution in [3.8, 4) is 0 Å². The van der Waals surface area contributed by atoms with Gasteiger partial charge >= 0.3 is 0 Å². The second kappa shape index (κ2) is 7.55. The number of amides is 1. The summed E-state index contributed by atoms with van der Waals surface area (Å²) in [6, 6.07) is 0.391. The van der Waals surface area contributed by atoms with Crippen LogP contribution in [0.3, 0.4) is 0 Å². The topological polar surface area (TPSA) is 61.0 Å². The molecule has 0 spiro atoms. The van der Waals surface area contributed by atoms with E-state index in [1.54, 1.807) is 0 Å². The SMILES string of the molecule is CCSC[C@@H](C)N(C)CC(=O)Nc1c(C)n[nH]c1C. The molecule has 1 amide bonds. The van der Waals surface area contributed by atoms with Gasteiger partial charge in [-0.15, -0.1) is 0 Å². The van der Waals surface area contributed by atoms with E-state index in [1.165, 1.54) is 0 Å². The highest BCUT2D eigenvalue weighted by Crippen LogP contribution is 2.16. The third-order valence-corrected chi connectivity index (χ3v) is 4.23. The predicted molar refractivity (Wildman–Crippen MR) is 81.8 cm³/mol. The van der Waals surface area contributed by atoms with Crippen LogP contribution in [0.4, 0.5) is 5.69 Å². The van der Waals surface area contributed by atoms with E-state index in [-0.39, 0.29) is 5.91 Å². The number of rotatable bonds is 7. The second-order valence-corrected chi connectivity index (χ2v) is 6.10. The molecule has 0 aliphatic rings. The lowest BCUT2D eigenvalue weighted by Crippen LogP contribution is -2.37. The molecule has 0 radical (unpaired) electrons. The molecule has 0 aromatic carbocycles. The number of aromatic amines is 1. The van der Waals surface area contributed by atoms with Gasteiger partial charge in [0.05, 0.1) is 23.6 Å². The summed E-state index contributed by atoms with van der Waals surface area (Å²) < 4.78 is 0. The number of H-pyrrole nitrogens is 1. The van der Waals surface area contributed by atoms with E-state index in [0.717, 1.165) is 28.6 Å². The Morgan fingerprint density at radius 1 is 1.53 bits per heavy atom. The minimum absolute atomic E-state index is 0.00319. The Bertz CT molecular complexity index is 399. The summed E-state index contributed by atoms with van der Waals surface area (Å²) in [4.78, 5) is 14.1. The summed E-state index contributed by atoms with van der Waals surface area (Å²) in [5, 5.41) is 9.85. The first kappa shape index (κ1) is 16.0. The molecule has 2 N–H and O–H groups in total. The van der Waals surface area contributed by atoms with Gasteiger partial charge in [0.2, 0.25) is 5.91 Å². The Kier molecular flexibility index (Phi) is 6.37. The summed E-state index contributed by atoms with van der Waals surface area (Å²) in [6.45, 7) is 8.47. The van der Waals surface area contributed by atoms with E-state index in [0.29, 0.717) is 12.6 Å². The number of nitrogens with one attached hydrogen (secondary N) is 2. The number of nitrogens with zero attached hydrogens (tertiary/aromatic N) is 2. The number of carbonyl (C=O) groups excluding carboxylic acids is 1. The number of aromatic nitrogens is 2. The summed E-state index contributed by atoms with van der Waals surface area (Å²) in [5.41, 5.74) is 2.51. The van der Waals surface area contributed by atoms with Crippen molar-refractivity contribution in [2.45, 2.75) is 33.7 Å². The molecule has 1 aromatic rings. The second-order valence-electron chi connectivity index (χ2n) is 4.78. The van der Waals surface area contributed by atoms with E-state index >= 15 is 0 Å². The normalized spacial score (nSPS) is 12.7. The molecule has 1 rings (SSSR count). The number of carbonyl (C=O) groups is 1. The summed E-state index contributed by atoms with van der Waals surface area (Å²) in [7, 11) is 1.98. The Balaban J connectivity index is 2.47. The van der Waals surface area contributed by atoms with E-state index < -0.39 is 0 Å². The molecule has 0 unspecified atom stereocenters. The van der Waals surface area contributed by atoms with Crippen LogP contribution in [0.25, 0.3) is 0 Å². The first-order valence-electron chi connectivity index (χ1n) is 6.55. The first-order valence-corrected chi connectivity index (χ1v) is 7.70. The van der Waals surface area contributed by atoms with Gasteiger partial charge in [-0.2, -0.15) is 16.9 Å². The zero-order chi connectivity index (χ0) is 14.4. The molecule has 108 valence electrons. The Morgan fingerprint density at radius 3 is 2.74 bits per heavy atom. The highest BCUT2D eigenvalue weighted by molar-refractivity contribution is 7.99. The third-order valence-electron chi connectivity index (χ3n) is 3.10. The van der Waals surface area contributed by atoms with Crippen LogP contribution in [0.5, 0.6) is 0 Å². The molecule has 0 aliphatic carbocycles. The van der Waals surface area contributed by atoms with Crippen LogP contribution >= 0.6 is 11.8 Å². The predicted octanol–water partition coefficient (Wildman–Crippen LogP) is 2.04. The average Bonchev–Trinajstić information content (AvgIpc) is 2.67. The third kappa shape index (κ3) is 4.87. The zero-order valence-corrected chi connectivity index (χ0v) is 13.2. The van der Waals surface area contributed by atoms with Crippen molar-refractivity contribution < 1.29 is 4.79 Å². The molecule has 0 fully saturated rings. The standard InChI is InChI=1S/C13H24N4OS/c1-6-19-8-9(2)17(5)7-12(18)14-13-10(3)15-16-11(13)4/h9H,6-8H2,1-5H3,(H,14,18)(H,15,16)/t9-/m1/s1. The van der Waals surface area contributed by atoms with Gasteiger partial charge in [0, 0.05) is 11.8 Å². The van der Waals surface area contributed by atoms with Crippen LogP contribution in [0.1, 0.15) is 25.2 Å². The lowest BCUT2D eigenvalue weighted by Gasteiger charge is -2.23. The van der Waals surface area contributed by atoms with Crippen LogP contribution in [-0.4, -0.2) is 52.1 Å². The minimum atomic E-state index is 0.00319. The van der Waals surface area contributed by atoms with Crippen LogP contribution in [-0.2, 0) is 4.79 Å². The van der Waals surface area contributed by atoms with Crippen molar-refractivity contribution in [3.05, 3.63) is 11.4 Å². The lowest BCUT2D eigenvalue weighted by molar-refractivity contribution is -0.117. The number of aryl methyl sites for hydroxylation is 2. The average molecular weight is 284 g/mol. The van der Waals surface area contributed by atoms with Crippen LogP contribution in [0, 0.1) is 13.8 Å². The number of likely N-dealkylation sites (N-methyl/N-ethyl adjacent to an activating group) is 1. The maximum atomic E-state index is 12.0. The molecule has 5 nitrogen and oxygen atoms in total. The quantitative estimate of drug-likeness (QED) is 0.804. The molecular weight excluding hydrogens is 260 g/mol. The van der Waals surface area contributed by atoms with Crippen LogP contribution < -0.4 is 5.32 Å². The minimum Gasteiger partial charge on any atom is -0.322 e. The Labute approximate surface area is 119 Å². The summed E-state index contributed by atoms with van der Waals surface area (Å²) in [5.74, 6) is 2.16. The van der Waals surface area contributed by atoms with Gasteiger partial charge in [-0.25, -0.2) is 0 Å². The van der Waals surface area contributed by atoms with Gasteiger partial charge < -0.3 is 5.32 Å². The first-order chi connectivity index (χ1) is 8.95. The van der Waals surface area contributed by atoms with Crippen molar-refractivity contribution in [3.63, 3.8) is 0 Å². The molecule has 0 saturated heterocycles. The van der Waals surface area contributed by atoms with Crippen molar-refractivity contribution in [1.29, 1.82) is 0 Å². The molecule has 0 aliphatic heterocycles. The fourth-order valence-corrected chi connectivity index (χ4v) is 2.54. The largest absolute Gasteiger partial charge is 0.322 e. The van der Waals surface area contributed by atoms with Gasteiger partial charge in [-0.05, 0) is 33.6 Å². The molecule has 6 heteroatoms. The van der Waals surface area contributed by atoms with E-state index in [4.69, 9.17) is 0 Å². The van der Waals surface area contributed by atoms with Crippen LogP contribution in [0.15, 0.2) is 0 Å². The van der Waals surface area contributed by atoms with Gasteiger partial charge in [0.1, 0.15) is 0 Å². The molecule has 0 bridgehead atoms. The molecule has 0 saturated carbocycles. The highest BCUT2D eigenvalue weighted by Gasteiger charge is 2.15. The van der Waals surface area contributed by atoms with E-state index in [2.05, 4.69) is 34.3 Å². The zero-order valence-electron chi connectivity index (χ0n) is 12.4. The summed E-state index contributed by atoms with van der Waals surface area (Å²) in [6.07, 6.45) is 0. The van der Waals surface area contributed by atoms with Crippen molar-refractivity contribution in [1.82, 2.24) is 15.1 Å². The fourth-order valence-electron chi connectivity index (χ4n) is 1.71. The molecule has 19 heavy (non-hydrogen) atoms. The lowest BCUT2D eigenvalue weighted by atomic mass is 10.3. The monoisotopic (exact) mass is 284 g/mol.